The summed E-state index contributed by atoms with van der Waals surface area (Å²) in [6.45, 7) is 6.88. The molecule has 1 fully saturated rings. The molecular formula is C15H25N3O3S2. The molecule has 0 unspecified atom stereocenters. The zero-order valence-electron chi connectivity index (χ0n) is 13.8. The molecule has 0 saturated carbocycles. The van der Waals surface area contributed by atoms with Gasteiger partial charge in [-0.25, -0.2) is 13.1 Å². The van der Waals surface area contributed by atoms with Crippen molar-refractivity contribution in [2.45, 2.75) is 49.9 Å². The molecule has 23 heavy (non-hydrogen) atoms. The minimum Gasteiger partial charge on any atom is -0.341 e. The van der Waals surface area contributed by atoms with E-state index in [-0.39, 0.29) is 17.4 Å². The molecule has 130 valence electrons. The van der Waals surface area contributed by atoms with Crippen molar-refractivity contribution in [3.63, 3.8) is 0 Å². The van der Waals surface area contributed by atoms with E-state index in [0.717, 1.165) is 0 Å². The SMILES string of the molecule is CC(C)(C)[C@H](N)C(=O)N1CCC(NS(=O)(=O)c2cccs2)CC1. The highest BCUT2D eigenvalue weighted by molar-refractivity contribution is 7.91. The van der Waals surface area contributed by atoms with Gasteiger partial charge in [0.2, 0.25) is 15.9 Å². The van der Waals surface area contributed by atoms with Gasteiger partial charge in [0.25, 0.3) is 0 Å². The van der Waals surface area contributed by atoms with Crippen LogP contribution in [-0.2, 0) is 14.8 Å². The van der Waals surface area contributed by atoms with Gasteiger partial charge in [0.1, 0.15) is 4.21 Å². The second kappa shape index (κ2) is 6.88. The molecule has 6 nitrogen and oxygen atoms in total. The fourth-order valence-corrected chi connectivity index (χ4v) is 4.79. The van der Waals surface area contributed by atoms with E-state index in [4.69, 9.17) is 5.73 Å². The van der Waals surface area contributed by atoms with Crippen molar-refractivity contribution in [1.82, 2.24) is 9.62 Å². The third-order valence-electron chi connectivity index (χ3n) is 4.09. The van der Waals surface area contributed by atoms with E-state index in [1.54, 1.807) is 22.4 Å². The Bertz CT molecular complexity index is 627. The summed E-state index contributed by atoms with van der Waals surface area (Å²) in [5.74, 6) is -0.0583. The third-order valence-corrected chi connectivity index (χ3v) is 7.01. The molecule has 3 N–H and O–H groups in total. The number of amides is 1. The van der Waals surface area contributed by atoms with Gasteiger partial charge in [-0.2, -0.15) is 0 Å². The summed E-state index contributed by atoms with van der Waals surface area (Å²) < 4.78 is 27.5. The summed E-state index contributed by atoms with van der Waals surface area (Å²) in [6.07, 6.45) is 1.21. The number of nitrogens with one attached hydrogen (secondary N) is 1. The van der Waals surface area contributed by atoms with E-state index in [9.17, 15) is 13.2 Å². The number of piperidine rings is 1. The van der Waals surface area contributed by atoms with Gasteiger partial charge in [0.15, 0.2) is 0 Å². The maximum atomic E-state index is 12.4. The van der Waals surface area contributed by atoms with Crippen LogP contribution in [0.15, 0.2) is 21.7 Å². The van der Waals surface area contributed by atoms with Gasteiger partial charge in [-0.15, -0.1) is 11.3 Å². The van der Waals surface area contributed by atoms with Gasteiger partial charge in [0, 0.05) is 19.1 Å². The fourth-order valence-electron chi connectivity index (χ4n) is 2.48. The van der Waals surface area contributed by atoms with E-state index in [1.165, 1.54) is 11.3 Å². The van der Waals surface area contributed by atoms with Crippen LogP contribution in [0.5, 0.6) is 0 Å². The number of rotatable bonds is 4. The summed E-state index contributed by atoms with van der Waals surface area (Å²) in [6, 6.07) is 2.63. The lowest BCUT2D eigenvalue weighted by Gasteiger charge is -2.36. The van der Waals surface area contributed by atoms with Crippen LogP contribution in [0.1, 0.15) is 33.6 Å². The molecule has 1 saturated heterocycles. The number of hydrogen-bond acceptors (Lipinski definition) is 5. The van der Waals surface area contributed by atoms with Crippen molar-refractivity contribution >= 4 is 27.3 Å². The van der Waals surface area contributed by atoms with Crippen molar-refractivity contribution in [2.24, 2.45) is 11.1 Å². The standard InChI is InChI=1S/C15H25N3O3S2/c1-15(2,3)13(16)14(19)18-8-6-11(7-9-18)17-23(20,21)12-5-4-10-22-12/h4-5,10-11,13,17H,6-9,16H2,1-3H3/t13-/m1/s1. The summed E-state index contributed by atoms with van der Waals surface area (Å²) in [5.41, 5.74) is 5.74. The van der Waals surface area contributed by atoms with E-state index in [0.29, 0.717) is 30.1 Å². The average molecular weight is 360 g/mol. The summed E-state index contributed by atoms with van der Waals surface area (Å²) in [5, 5.41) is 1.74. The first-order valence-electron chi connectivity index (χ1n) is 7.71. The van der Waals surface area contributed by atoms with E-state index in [1.807, 2.05) is 20.8 Å². The molecule has 0 bridgehead atoms. The molecule has 1 aliphatic rings. The van der Waals surface area contributed by atoms with Gasteiger partial charge in [0.05, 0.1) is 6.04 Å². The van der Waals surface area contributed by atoms with Crippen LogP contribution >= 0.6 is 11.3 Å². The lowest BCUT2D eigenvalue weighted by molar-refractivity contribution is -0.136. The Morgan fingerprint density at radius 1 is 1.39 bits per heavy atom. The Hall–Kier alpha value is -0.960. The van der Waals surface area contributed by atoms with Gasteiger partial charge >= 0.3 is 0 Å². The number of sulfonamides is 1. The smallest absolute Gasteiger partial charge is 0.250 e. The van der Waals surface area contributed by atoms with Crippen LogP contribution in [0, 0.1) is 5.41 Å². The molecule has 2 heterocycles. The highest BCUT2D eigenvalue weighted by Crippen LogP contribution is 2.22. The highest BCUT2D eigenvalue weighted by atomic mass is 32.2. The van der Waals surface area contributed by atoms with Gasteiger partial charge in [-0.05, 0) is 29.7 Å². The molecule has 8 heteroatoms. The minimum absolute atomic E-state index is 0.0583. The quantitative estimate of drug-likeness (QED) is 0.850. The third kappa shape index (κ3) is 4.53. The van der Waals surface area contributed by atoms with E-state index in [2.05, 4.69) is 4.72 Å². The predicted molar refractivity (Wildman–Crippen MR) is 91.7 cm³/mol. The Labute approximate surface area is 142 Å². The van der Waals surface area contributed by atoms with E-state index < -0.39 is 16.1 Å². The number of nitrogens with two attached hydrogens (primary N) is 1. The van der Waals surface area contributed by atoms with Crippen molar-refractivity contribution in [3.8, 4) is 0 Å². The molecule has 0 aliphatic carbocycles. The number of carbonyl (C=O) groups is 1. The first-order chi connectivity index (χ1) is 10.6. The maximum Gasteiger partial charge on any atom is 0.250 e. The first kappa shape index (κ1) is 18.4. The molecule has 1 aliphatic heterocycles. The molecule has 0 radical (unpaired) electrons. The van der Waals surface area contributed by atoms with Crippen molar-refractivity contribution in [1.29, 1.82) is 0 Å². The monoisotopic (exact) mass is 359 g/mol. The van der Waals surface area contributed by atoms with Crippen molar-refractivity contribution in [2.75, 3.05) is 13.1 Å². The second-order valence-electron chi connectivity index (χ2n) is 7.00. The first-order valence-corrected chi connectivity index (χ1v) is 10.1. The molecule has 1 atom stereocenters. The molecule has 1 amide bonds. The number of hydrogen-bond donors (Lipinski definition) is 2. The normalized spacial score (nSPS) is 18.9. The fraction of sp³-hybridized carbons (Fsp3) is 0.667. The zero-order valence-corrected chi connectivity index (χ0v) is 15.4. The van der Waals surface area contributed by atoms with Gasteiger partial charge < -0.3 is 10.6 Å². The minimum atomic E-state index is -3.45. The maximum absolute atomic E-state index is 12.4. The van der Waals surface area contributed by atoms with Crippen LogP contribution in [0.25, 0.3) is 0 Å². The second-order valence-corrected chi connectivity index (χ2v) is 9.89. The Morgan fingerprint density at radius 3 is 2.48 bits per heavy atom. The van der Waals surface area contributed by atoms with Crippen molar-refractivity contribution in [3.05, 3.63) is 17.5 Å². The average Bonchev–Trinajstić information content (AvgIpc) is 3.00. The summed E-state index contributed by atoms with van der Waals surface area (Å²) in [7, 11) is -3.45. The Balaban J connectivity index is 1.91. The lowest BCUT2D eigenvalue weighted by atomic mass is 9.86. The zero-order chi connectivity index (χ0) is 17.3. The van der Waals surface area contributed by atoms with Crippen LogP contribution < -0.4 is 10.5 Å². The number of carbonyl (C=O) groups excluding carboxylic acids is 1. The molecule has 2 rings (SSSR count). The van der Waals surface area contributed by atoms with E-state index >= 15 is 0 Å². The van der Waals surface area contributed by atoms with Crippen molar-refractivity contribution < 1.29 is 13.2 Å². The highest BCUT2D eigenvalue weighted by Gasteiger charge is 2.33. The van der Waals surface area contributed by atoms with Crippen LogP contribution in [0.3, 0.4) is 0 Å². The molecule has 0 aromatic carbocycles. The van der Waals surface area contributed by atoms with Crippen LogP contribution in [0.2, 0.25) is 0 Å². The van der Waals surface area contributed by atoms with Gasteiger partial charge in [-0.1, -0.05) is 26.8 Å². The topological polar surface area (TPSA) is 92.5 Å². The summed E-state index contributed by atoms with van der Waals surface area (Å²) >= 11 is 1.20. The van der Waals surface area contributed by atoms with Crippen LogP contribution in [-0.4, -0.2) is 44.4 Å². The molecular weight excluding hydrogens is 334 g/mol. The van der Waals surface area contributed by atoms with Gasteiger partial charge in [-0.3, -0.25) is 4.79 Å². The number of likely N-dealkylation sites (tertiary alicyclic amines) is 1. The predicted octanol–water partition coefficient (Wildman–Crippen LogP) is 1.39. The molecule has 1 aromatic heterocycles. The summed E-state index contributed by atoms with van der Waals surface area (Å²) in [4.78, 5) is 14.1. The Kier molecular flexibility index (Phi) is 5.50. The van der Waals surface area contributed by atoms with Crippen LogP contribution in [0.4, 0.5) is 0 Å². The molecule has 0 spiro atoms. The largest absolute Gasteiger partial charge is 0.341 e. The molecule has 1 aromatic rings. The lowest BCUT2D eigenvalue weighted by Crippen LogP contribution is -2.54. The number of thiophene rings is 1. The Morgan fingerprint density at radius 2 is 2.00 bits per heavy atom. The number of nitrogens with zero attached hydrogens (tertiary/aromatic N) is 1.